The molecule has 0 unspecified atom stereocenters. The molecule has 2 aromatic carbocycles. The van der Waals surface area contributed by atoms with Crippen LogP contribution in [-0.2, 0) is 14.4 Å². The first-order valence-electron chi connectivity index (χ1n) is 17.3. The van der Waals surface area contributed by atoms with E-state index >= 15 is 0 Å². The first kappa shape index (κ1) is 52.4. The molecule has 2 atom stereocenters. The second-order valence-corrected chi connectivity index (χ2v) is 19.1. The minimum Gasteiger partial charge on any atom is -0.394 e. The van der Waals surface area contributed by atoms with Crippen molar-refractivity contribution in [3.63, 3.8) is 0 Å². The van der Waals surface area contributed by atoms with Gasteiger partial charge in [-0.05, 0) is 149 Å². The van der Waals surface area contributed by atoms with Crippen molar-refractivity contribution in [2.75, 3.05) is 74.7 Å². The quantitative estimate of drug-likeness (QED) is 0.0670. The average molecular weight is 1500 g/mol. The standard InChI is InChI=1S/C34H39I6N7O12/c1-13(52)30(55)44-26-21(36)17(20(35)18(22(26)37)32(57)42-15(9-48)10-49)29(54)34(59)47-6-4-41-3-5-46(7-8-47)28-24(39)19(33(58)43-16(11-50)12-51)23(38)27(25(28)40)45-31(56)14(2)53/h4,13-16,48-53H,3,5-12H2,1-2H3,(H,42,57)(H,43,58)(H,44,55)(H,45,56)/t13-,14-/m0/s1. The number of benzene rings is 2. The molecule has 1 aliphatic heterocycles. The van der Waals surface area contributed by atoms with Crippen molar-refractivity contribution in [1.82, 2.24) is 15.5 Å². The van der Waals surface area contributed by atoms with E-state index in [9.17, 15) is 59.4 Å². The molecule has 1 heterocycles. The van der Waals surface area contributed by atoms with Crippen LogP contribution in [0.2, 0.25) is 0 Å². The van der Waals surface area contributed by atoms with Gasteiger partial charge in [-0.2, -0.15) is 0 Å². The fourth-order valence-electron chi connectivity index (χ4n) is 5.21. The van der Waals surface area contributed by atoms with Crippen molar-refractivity contribution < 1.29 is 59.4 Å². The summed E-state index contributed by atoms with van der Waals surface area (Å²) >= 11 is 11.2. The Labute approximate surface area is 419 Å². The number of aliphatic imine (C=N–C) groups is 1. The van der Waals surface area contributed by atoms with Gasteiger partial charge in [0.25, 0.3) is 35.3 Å². The van der Waals surface area contributed by atoms with Crippen molar-refractivity contribution in [3.05, 3.63) is 38.1 Å². The number of hydrogen-bond donors (Lipinski definition) is 10. The summed E-state index contributed by atoms with van der Waals surface area (Å²) in [5, 5.41) is 68.7. The third kappa shape index (κ3) is 12.8. The molecule has 10 N–H and O–H groups in total. The van der Waals surface area contributed by atoms with Crippen LogP contribution < -0.4 is 26.2 Å². The highest BCUT2D eigenvalue weighted by Crippen LogP contribution is 2.41. The summed E-state index contributed by atoms with van der Waals surface area (Å²) in [4.78, 5) is 88.8. The lowest BCUT2D eigenvalue weighted by atomic mass is 10.0. The summed E-state index contributed by atoms with van der Waals surface area (Å²) in [6.07, 6.45) is -1.41. The fraction of sp³-hybridized carbons (Fsp3) is 0.441. The Bertz CT molecular complexity index is 2000. The Morgan fingerprint density at radius 2 is 1.08 bits per heavy atom. The monoisotopic (exact) mass is 1500 g/mol. The van der Waals surface area contributed by atoms with Gasteiger partial charge in [0.1, 0.15) is 12.2 Å². The van der Waals surface area contributed by atoms with Crippen LogP contribution in [0.15, 0.2) is 4.99 Å². The van der Waals surface area contributed by atoms with Gasteiger partial charge in [0, 0.05) is 29.4 Å². The van der Waals surface area contributed by atoms with Crippen LogP contribution in [-0.4, -0.2) is 161 Å². The first-order chi connectivity index (χ1) is 27.8. The predicted molar refractivity (Wildman–Crippen MR) is 267 cm³/mol. The van der Waals surface area contributed by atoms with Crippen LogP contribution >= 0.6 is 136 Å². The maximum atomic E-state index is 14.3. The molecular weight excluding hydrogens is 1460 g/mol. The van der Waals surface area contributed by atoms with E-state index in [1.165, 1.54) is 25.0 Å². The molecule has 0 spiro atoms. The number of anilines is 3. The van der Waals surface area contributed by atoms with Gasteiger partial charge in [-0.3, -0.25) is 33.8 Å². The Morgan fingerprint density at radius 3 is 1.54 bits per heavy atom. The van der Waals surface area contributed by atoms with E-state index in [4.69, 9.17) is 0 Å². The van der Waals surface area contributed by atoms with Crippen LogP contribution in [0.5, 0.6) is 0 Å². The molecule has 59 heavy (non-hydrogen) atoms. The molecule has 0 fully saturated rings. The number of aliphatic hydroxyl groups is 6. The lowest BCUT2D eigenvalue weighted by Gasteiger charge is -2.31. The number of carbonyl (C=O) groups is 6. The summed E-state index contributed by atoms with van der Waals surface area (Å²) in [5.41, 5.74) is 0.397. The van der Waals surface area contributed by atoms with E-state index in [2.05, 4.69) is 26.3 Å². The first-order valence-corrected chi connectivity index (χ1v) is 23.7. The molecule has 25 heteroatoms. The molecule has 0 bridgehead atoms. The van der Waals surface area contributed by atoms with Crippen molar-refractivity contribution in [1.29, 1.82) is 0 Å². The number of rotatable bonds is 15. The Morgan fingerprint density at radius 1 is 0.644 bits per heavy atom. The highest BCUT2D eigenvalue weighted by atomic mass is 127. The molecule has 0 saturated carbocycles. The van der Waals surface area contributed by atoms with E-state index in [0.717, 1.165) is 0 Å². The maximum absolute atomic E-state index is 14.3. The lowest BCUT2D eigenvalue weighted by Crippen LogP contribution is -2.44. The van der Waals surface area contributed by atoms with Crippen LogP contribution in [0, 0.1) is 21.4 Å². The summed E-state index contributed by atoms with van der Waals surface area (Å²) in [5.74, 6) is -5.11. The van der Waals surface area contributed by atoms with Crippen molar-refractivity contribution in [2.45, 2.75) is 38.1 Å². The van der Waals surface area contributed by atoms with Gasteiger partial charge in [0.05, 0.1) is 103 Å². The van der Waals surface area contributed by atoms with Crippen molar-refractivity contribution >= 4 is 194 Å². The number of hydrogen-bond acceptors (Lipinski definition) is 14. The van der Waals surface area contributed by atoms with Gasteiger partial charge in [0.2, 0.25) is 0 Å². The molecule has 5 amide bonds. The number of nitrogens with one attached hydrogen (secondary N) is 4. The topological polar surface area (TPSA) is 291 Å². The molecular formula is C34H39I6N7O12. The van der Waals surface area contributed by atoms with E-state index in [0.29, 0.717) is 16.4 Å². The molecule has 3 rings (SSSR count). The van der Waals surface area contributed by atoms with Gasteiger partial charge in [0.15, 0.2) is 0 Å². The lowest BCUT2D eigenvalue weighted by molar-refractivity contribution is -0.125. The molecule has 2 aromatic rings. The van der Waals surface area contributed by atoms with Gasteiger partial charge in [-0.1, -0.05) is 0 Å². The zero-order chi connectivity index (χ0) is 44.5. The largest absolute Gasteiger partial charge is 0.394 e. The molecule has 0 radical (unpaired) electrons. The zero-order valence-electron chi connectivity index (χ0n) is 31.0. The Balaban J connectivity index is 2.16. The van der Waals surface area contributed by atoms with Gasteiger partial charge in [-0.25, -0.2) is 0 Å². The third-order valence-electron chi connectivity index (χ3n) is 8.47. The van der Waals surface area contributed by atoms with Gasteiger partial charge in [-0.15, -0.1) is 0 Å². The van der Waals surface area contributed by atoms with E-state index in [1.807, 2.05) is 72.7 Å². The normalized spacial score (nSPS) is 14.3. The number of amides is 5. The van der Waals surface area contributed by atoms with Gasteiger partial charge < -0.3 is 61.7 Å². The maximum Gasteiger partial charge on any atom is 0.295 e. The number of Topliss-reactive ketones (excluding diaryl/α,β-unsaturated/α-hetero) is 1. The highest BCUT2D eigenvalue weighted by Gasteiger charge is 2.35. The van der Waals surface area contributed by atoms with E-state index < -0.39 is 86.0 Å². The smallest absolute Gasteiger partial charge is 0.295 e. The van der Waals surface area contributed by atoms with E-state index in [-0.39, 0.29) is 71.5 Å². The molecule has 324 valence electrons. The van der Waals surface area contributed by atoms with Gasteiger partial charge >= 0.3 is 0 Å². The second-order valence-electron chi connectivity index (χ2n) is 12.7. The minimum atomic E-state index is -1.48. The molecule has 0 aliphatic carbocycles. The number of nitrogens with zero attached hydrogens (tertiary/aromatic N) is 3. The number of ketones is 1. The highest BCUT2D eigenvalue weighted by molar-refractivity contribution is 14.1. The zero-order valence-corrected chi connectivity index (χ0v) is 43.9. The predicted octanol–water partition coefficient (Wildman–Crippen LogP) is 0.721. The summed E-state index contributed by atoms with van der Waals surface area (Å²) in [6, 6.07) is -2.05. The molecule has 0 aromatic heterocycles. The van der Waals surface area contributed by atoms with Crippen LogP contribution in [0.4, 0.5) is 17.1 Å². The Kier molecular flexibility index (Phi) is 21.5. The molecule has 1 aliphatic rings. The van der Waals surface area contributed by atoms with Crippen LogP contribution in [0.3, 0.4) is 0 Å². The average Bonchev–Trinajstić information content (AvgIpc) is 3.31. The summed E-state index contributed by atoms with van der Waals surface area (Å²) in [7, 11) is 0. The number of aliphatic hydroxyl groups excluding tert-OH is 6. The van der Waals surface area contributed by atoms with Crippen molar-refractivity contribution in [3.8, 4) is 0 Å². The summed E-state index contributed by atoms with van der Waals surface area (Å²) < 4.78 is 1.51. The number of carbonyl (C=O) groups excluding carboxylic acids is 6. The molecule has 19 nitrogen and oxygen atoms in total. The third-order valence-corrected chi connectivity index (χ3v) is 14.9. The second kappa shape index (κ2) is 24.2. The van der Waals surface area contributed by atoms with Crippen LogP contribution in [0.1, 0.15) is 44.9 Å². The SMILES string of the molecule is C[C@H](O)C(=O)Nc1c(I)c(C(=O)NC(CO)CO)c(I)c(C(=O)C(=O)N2CC=NCCN(c3c(I)c(NC(=O)[C@H](C)O)c(I)c(C(=O)NC(CO)CO)c3I)CC2)c1I. The minimum absolute atomic E-state index is 0.0222. The Hall–Kier alpha value is -0.930. The molecule has 0 saturated heterocycles. The summed E-state index contributed by atoms with van der Waals surface area (Å²) in [6.45, 7) is 0.542. The van der Waals surface area contributed by atoms with E-state index in [1.54, 1.807) is 67.8 Å². The van der Waals surface area contributed by atoms with Crippen molar-refractivity contribution in [2.24, 2.45) is 4.99 Å². The fourth-order valence-corrected chi connectivity index (χ4v) is 14.2. The number of halogens is 6. The van der Waals surface area contributed by atoms with Crippen LogP contribution in [0.25, 0.3) is 0 Å².